The smallest absolute Gasteiger partial charge is 0.257 e. The third-order valence-corrected chi connectivity index (χ3v) is 3.14. The van der Waals surface area contributed by atoms with E-state index in [9.17, 15) is 9.90 Å². The van der Waals surface area contributed by atoms with Crippen molar-refractivity contribution in [2.45, 2.75) is 13.5 Å². The molecular formula is C17H19NO3. The van der Waals surface area contributed by atoms with Crippen LogP contribution in [0.25, 0.3) is 0 Å². The predicted octanol–water partition coefficient (Wildman–Crippen LogP) is 3.06. The van der Waals surface area contributed by atoms with Gasteiger partial charge in [-0.2, -0.15) is 0 Å². The molecule has 2 rings (SSSR count). The van der Waals surface area contributed by atoms with E-state index >= 15 is 0 Å². The number of para-hydroxylation sites is 1. The van der Waals surface area contributed by atoms with Crippen LogP contribution in [0.1, 0.15) is 22.8 Å². The van der Waals surface area contributed by atoms with Gasteiger partial charge in [0.1, 0.15) is 11.5 Å². The molecule has 0 unspecified atom stereocenters. The molecule has 4 nitrogen and oxygen atoms in total. The summed E-state index contributed by atoms with van der Waals surface area (Å²) < 4.78 is 5.38. The Balaban J connectivity index is 2.05. The van der Waals surface area contributed by atoms with Crippen molar-refractivity contribution < 1.29 is 14.6 Å². The number of hydrogen-bond donors (Lipinski definition) is 1. The van der Waals surface area contributed by atoms with Crippen molar-refractivity contribution in [1.82, 2.24) is 4.90 Å². The molecule has 0 fully saturated rings. The van der Waals surface area contributed by atoms with Crippen molar-refractivity contribution in [3.05, 3.63) is 59.7 Å². The average molecular weight is 285 g/mol. The first-order valence-electron chi connectivity index (χ1n) is 6.87. The first-order valence-corrected chi connectivity index (χ1v) is 6.87. The zero-order chi connectivity index (χ0) is 15.2. The number of hydrogen-bond acceptors (Lipinski definition) is 3. The Morgan fingerprint density at radius 2 is 1.81 bits per heavy atom. The fourth-order valence-electron chi connectivity index (χ4n) is 2.06. The molecule has 0 heterocycles. The van der Waals surface area contributed by atoms with E-state index in [4.69, 9.17) is 4.74 Å². The van der Waals surface area contributed by atoms with E-state index < -0.39 is 0 Å². The maximum Gasteiger partial charge on any atom is 0.257 e. The molecule has 0 aliphatic carbocycles. The van der Waals surface area contributed by atoms with Crippen LogP contribution >= 0.6 is 0 Å². The van der Waals surface area contributed by atoms with Gasteiger partial charge < -0.3 is 14.7 Å². The fraction of sp³-hybridized carbons (Fsp3) is 0.235. The Labute approximate surface area is 124 Å². The fourth-order valence-corrected chi connectivity index (χ4v) is 2.06. The number of phenolic OH excluding ortho intramolecular Hbond substituents is 1. The minimum absolute atomic E-state index is 0.000966. The van der Waals surface area contributed by atoms with Gasteiger partial charge in [-0.25, -0.2) is 0 Å². The van der Waals surface area contributed by atoms with E-state index in [2.05, 4.69) is 0 Å². The second kappa shape index (κ2) is 6.79. The average Bonchev–Trinajstić information content (AvgIpc) is 2.49. The third kappa shape index (κ3) is 3.75. The molecule has 0 atom stereocenters. The Morgan fingerprint density at radius 1 is 1.14 bits per heavy atom. The molecule has 110 valence electrons. The van der Waals surface area contributed by atoms with Crippen molar-refractivity contribution in [2.24, 2.45) is 0 Å². The Morgan fingerprint density at radius 3 is 2.43 bits per heavy atom. The summed E-state index contributed by atoms with van der Waals surface area (Å²) in [6, 6.07) is 14.2. The molecule has 2 aromatic rings. The van der Waals surface area contributed by atoms with Crippen molar-refractivity contribution in [2.75, 3.05) is 13.7 Å². The van der Waals surface area contributed by atoms with Crippen LogP contribution in [0.3, 0.4) is 0 Å². The molecule has 0 spiro atoms. The van der Waals surface area contributed by atoms with Gasteiger partial charge in [0.15, 0.2) is 0 Å². The van der Waals surface area contributed by atoms with Gasteiger partial charge in [0.05, 0.1) is 12.2 Å². The van der Waals surface area contributed by atoms with Gasteiger partial charge in [-0.3, -0.25) is 4.79 Å². The summed E-state index contributed by atoms with van der Waals surface area (Å²) in [5, 5.41) is 9.73. The molecule has 0 saturated carbocycles. The molecule has 0 aliphatic heterocycles. The summed E-state index contributed by atoms with van der Waals surface area (Å²) in [5.74, 6) is 0.610. The number of rotatable bonds is 5. The van der Waals surface area contributed by atoms with Gasteiger partial charge >= 0.3 is 0 Å². The zero-order valence-corrected chi connectivity index (χ0v) is 12.2. The van der Waals surface area contributed by atoms with Gasteiger partial charge in [0.2, 0.25) is 0 Å². The molecule has 1 amide bonds. The highest BCUT2D eigenvalue weighted by Gasteiger charge is 2.15. The highest BCUT2D eigenvalue weighted by atomic mass is 16.5. The Kier molecular flexibility index (Phi) is 4.82. The lowest BCUT2D eigenvalue weighted by molar-refractivity contribution is 0.0782. The van der Waals surface area contributed by atoms with E-state index in [0.29, 0.717) is 18.7 Å². The number of phenols is 1. The van der Waals surface area contributed by atoms with Crippen LogP contribution in [0.2, 0.25) is 0 Å². The minimum atomic E-state index is -0.206. The molecule has 0 aliphatic rings. The summed E-state index contributed by atoms with van der Waals surface area (Å²) in [7, 11) is 1.71. The van der Waals surface area contributed by atoms with E-state index in [1.165, 1.54) is 6.07 Å². The number of ether oxygens (including phenoxy) is 1. The van der Waals surface area contributed by atoms with Crippen LogP contribution in [-0.2, 0) is 6.54 Å². The van der Waals surface area contributed by atoms with Crippen molar-refractivity contribution >= 4 is 5.91 Å². The molecule has 0 bridgehead atoms. The van der Waals surface area contributed by atoms with Gasteiger partial charge in [-0.15, -0.1) is 0 Å². The van der Waals surface area contributed by atoms with E-state index in [0.717, 1.165) is 11.3 Å². The van der Waals surface area contributed by atoms with Crippen LogP contribution < -0.4 is 4.74 Å². The van der Waals surface area contributed by atoms with Crippen molar-refractivity contribution in [3.8, 4) is 11.5 Å². The summed E-state index contributed by atoms with van der Waals surface area (Å²) in [6.07, 6.45) is 0. The zero-order valence-electron chi connectivity index (χ0n) is 12.2. The molecule has 0 saturated heterocycles. The van der Waals surface area contributed by atoms with Crippen LogP contribution in [0.4, 0.5) is 0 Å². The van der Waals surface area contributed by atoms with Crippen molar-refractivity contribution in [3.63, 3.8) is 0 Å². The normalized spacial score (nSPS) is 10.2. The number of amides is 1. The molecule has 2 aromatic carbocycles. The number of benzene rings is 2. The standard InChI is InChI=1S/C17H19NO3/c1-3-21-14-10-8-13(9-11-14)12-18(2)17(20)15-6-4-5-7-16(15)19/h4-11,19H,3,12H2,1-2H3. The van der Waals surface area contributed by atoms with Gasteiger partial charge in [-0.05, 0) is 36.8 Å². The molecule has 0 radical (unpaired) electrons. The maximum atomic E-state index is 12.3. The summed E-state index contributed by atoms with van der Waals surface area (Å²) in [6.45, 7) is 3.04. The summed E-state index contributed by atoms with van der Waals surface area (Å²) in [4.78, 5) is 13.9. The van der Waals surface area contributed by atoms with E-state index in [-0.39, 0.29) is 11.7 Å². The number of nitrogens with zero attached hydrogens (tertiary/aromatic N) is 1. The molecular weight excluding hydrogens is 266 g/mol. The SMILES string of the molecule is CCOc1ccc(CN(C)C(=O)c2ccccc2O)cc1. The van der Waals surface area contributed by atoms with E-state index in [1.54, 1.807) is 30.1 Å². The first kappa shape index (κ1) is 14.9. The van der Waals surface area contributed by atoms with Crippen LogP contribution in [0.5, 0.6) is 11.5 Å². The number of aromatic hydroxyl groups is 1. The maximum absolute atomic E-state index is 12.3. The molecule has 4 heteroatoms. The van der Waals surface area contributed by atoms with Crippen LogP contribution in [-0.4, -0.2) is 29.6 Å². The van der Waals surface area contributed by atoms with Crippen LogP contribution in [0.15, 0.2) is 48.5 Å². The first-order chi connectivity index (χ1) is 10.1. The highest BCUT2D eigenvalue weighted by Crippen LogP contribution is 2.19. The second-order valence-electron chi connectivity index (χ2n) is 4.76. The molecule has 1 N–H and O–H groups in total. The molecule has 21 heavy (non-hydrogen) atoms. The Bertz CT molecular complexity index is 608. The third-order valence-electron chi connectivity index (χ3n) is 3.14. The predicted molar refractivity (Wildman–Crippen MR) is 81.5 cm³/mol. The monoisotopic (exact) mass is 285 g/mol. The van der Waals surface area contributed by atoms with Gasteiger partial charge in [0.25, 0.3) is 5.91 Å². The Hall–Kier alpha value is -2.49. The van der Waals surface area contributed by atoms with Crippen LogP contribution in [0, 0.1) is 0 Å². The lowest BCUT2D eigenvalue weighted by Gasteiger charge is -2.18. The lowest BCUT2D eigenvalue weighted by atomic mass is 10.1. The lowest BCUT2D eigenvalue weighted by Crippen LogP contribution is -2.26. The summed E-state index contributed by atoms with van der Waals surface area (Å²) in [5.41, 5.74) is 1.32. The minimum Gasteiger partial charge on any atom is -0.507 e. The van der Waals surface area contributed by atoms with E-state index in [1.807, 2.05) is 31.2 Å². The van der Waals surface area contributed by atoms with Gasteiger partial charge in [0, 0.05) is 13.6 Å². The number of carbonyl (C=O) groups excluding carboxylic acids is 1. The highest BCUT2D eigenvalue weighted by molar-refractivity contribution is 5.96. The molecule has 0 aromatic heterocycles. The topological polar surface area (TPSA) is 49.8 Å². The quantitative estimate of drug-likeness (QED) is 0.918. The number of carbonyl (C=O) groups is 1. The largest absolute Gasteiger partial charge is 0.507 e. The van der Waals surface area contributed by atoms with Gasteiger partial charge in [-0.1, -0.05) is 24.3 Å². The van der Waals surface area contributed by atoms with Crippen molar-refractivity contribution in [1.29, 1.82) is 0 Å². The summed E-state index contributed by atoms with van der Waals surface area (Å²) >= 11 is 0. The second-order valence-corrected chi connectivity index (χ2v) is 4.76.